The summed E-state index contributed by atoms with van der Waals surface area (Å²) in [5, 5.41) is 5.68. The van der Waals surface area contributed by atoms with Crippen LogP contribution >= 0.6 is 0 Å². The van der Waals surface area contributed by atoms with Gasteiger partial charge in [-0.1, -0.05) is 75.4 Å². The molecule has 236 valence electrons. The highest BCUT2D eigenvalue weighted by Crippen LogP contribution is 2.29. The Bertz CT molecular complexity index is 1190. The maximum atomic E-state index is 14.5. The first kappa shape index (κ1) is 35.3. The second kappa shape index (κ2) is 16.7. The number of carbonyl (C=O) groups is 4. The molecule has 0 radical (unpaired) electrons. The Hall–Kier alpha value is -3.88. The van der Waals surface area contributed by atoms with Gasteiger partial charge < -0.3 is 26.0 Å². The van der Waals surface area contributed by atoms with E-state index in [0.29, 0.717) is 17.9 Å². The molecule has 0 spiro atoms. The number of benzene rings is 2. The number of nitrogens with one attached hydrogen (secondary N) is 2. The smallest absolute Gasteiger partial charge is 0.408 e. The zero-order valence-electron chi connectivity index (χ0n) is 26.8. The zero-order valence-corrected chi connectivity index (χ0v) is 26.8. The summed E-state index contributed by atoms with van der Waals surface area (Å²) in [6.45, 7) is 13.6. The molecule has 9 nitrogen and oxygen atoms in total. The summed E-state index contributed by atoms with van der Waals surface area (Å²) in [6, 6.07) is 14.7. The van der Waals surface area contributed by atoms with Gasteiger partial charge in [0.1, 0.15) is 17.7 Å². The van der Waals surface area contributed by atoms with Crippen molar-refractivity contribution in [3.63, 3.8) is 0 Å². The molecule has 43 heavy (non-hydrogen) atoms. The zero-order chi connectivity index (χ0) is 32.2. The molecule has 3 atom stereocenters. The number of hydrogen-bond acceptors (Lipinski definition) is 5. The molecule has 0 aliphatic carbocycles. The molecular formula is C34H50N4O5. The number of alkyl carbamates (subject to hydrolysis) is 1. The van der Waals surface area contributed by atoms with Crippen molar-refractivity contribution >= 4 is 23.8 Å². The summed E-state index contributed by atoms with van der Waals surface area (Å²) >= 11 is 0. The van der Waals surface area contributed by atoms with E-state index in [1.54, 1.807) is 25.7 Å². The minimum Gasteiger partial charge on any atom is -0.444 e. The van der Waals surface area contributed by atoms with Crippen LogP contribution in [0.1, 0.15) is 96.9 Å². The highest BCUT2D eigenvalue weighted by Gasteiger charge is 2.39. The monoisotopic (exact) mass is 594 g/mol. The summed E-state index contributed by atoms with van der Waals surface area (Å²) in [6.07, 6.45) is 1.33. The Balaban J connectivity index is 2.58. The van der Waals surface area contributed by atoms with Crippen molar-refractivity contribution in [1.82, 2.24) is 15.5 Å². The third kappa shape index (κ3) is 12.1. The van der Waals surface area contributed by atoms with Crippen LogP contribution in [0.2, 0.25) is 0 Å². The lowest BCUT2D eigenvalue weighted by Gasteiger charge is -2.39. The molecule has 0 aliphatic rings. The van der Waals surface area contributed by atoms with Crippen molar-refractivity contribution in [3.05, 3.63) is 71.3 Å². The fourth-order valence-electron chi connectivity index (χ4n) is 4.74. The summed E-state index contributed by atoms with van der Waals surface area (Å²) in [4.78, 5) is 54.7. The minimum atomic E-state index is -1.14. The van der Waals surface area contributed by atoms with E-state index in [9.17, 15) is 19.2 Å². The summed E-state index contributed by atoms with van der Waals surface area (Å²) < 4.78 is 5.43. The van der Waals surface area contributed by atoms with Crippen LogP contribution in [0.3, 0.4) is 0 Å². The molecule has 0 saturated carbocycles. The van der Waals surface area contributed by atoms with Gasteiger partial charge in [0.05, 0.1) is 0 Å². The molecule has 0 heterocycles. The molecule has 0 saturated heterocycles. The average molecular weight is 595 g/mol. The third-order valence-electron chi connectivity index (χ3n) is 7.10. The van der Waals surface area contributed by atoms with E-state index >= 15 is 0 Å². The maximum Gasteiger partial charge on any atom is 0.408 e. The molecule has 0 aliphatic heterocycles. The van der Waals surface area contributed by atoms with Crippen LogP contribution < -0.4 is 16.4 Å². The quantitative estimate of drug-likeness (QED) is 0.254. The number of aryl methyl sites for hydroxylation is 1. The van der Waals surface area contributed by atoms with Gasteiger partial charge in [-0.2, -0.15) is 0 Å². The molecule has 2 aromatic carbocycles. The van der Waals surface area contributed by atoms with Crippen molar-refractivity contribution in [2.24, 2.45) is 11.7 Å². The Kier molecular flexibility index (Phi) is 13.7. The number of primary amides is 1. The lowest BCUT2D eigenvalue weighted by atomic mass is 9.95. The Morgan fingerprint density at radius 2 is 1.51 bits per heavy atom. The van der Waals surface area contributed by atoms with Crippen LogP contribution in [-0.2, 0) is 32.1 Å². The van der Waals surface area contributed by atoms with E-state index in [1.165, 1.54) is 0 Å². The summed E-state index contributed by atoms with van der Waals surface area (Å²) in [5.74, 6) is -1.05. The lowest BCUT2D eigenvalue weighted by Crippen LogP contribution is -2.55. The second-order valence-corrected chi connectivity index (χ2v) is 12.5. The fourth-order valence-corrected chi connectivity index (χ4v) is 4.74. The first-order chi connectivity index (χ1) is 20.2. The maximum absolute atomic E-state index is 14.5. The molecule has 0 fully saturated rings. The first-order valence-corrected chi connectivity index (χ1v) is 15.2. The predicted molar refractivity (Wildman–Crippen MR) is 169 cm³/mol. The number of rotatable bonds is 15. The molecule has 9 heteroatoms. The van der Waals surface area contributed by atoms with Gasteiger partial charge in [0.15, 0.2) is 0 Å². The van der Waals surface area contributed by atoms with E-state index in [-0.39, 0.29) is 31.3 Å². The fraction of sp³-hybridized carbons (Fsp3) is 0.529. The van der Waals surface area contributed by atoms with Crippen molar-refractivity contribution in [1.29, 1.82) is 0 Å². The Morgan fingerprint density at radius 1 is 0.884 bits per heavy atom. The summed E-state index contributed by atoms with van der Waals surface area (Å²) in [5.41, 5.74) is 7.32. The van der Waals surface area contributed by atoms with Gasteiger partial charge in [-0.3, -0.25) is 14.4 Å². The van der Waals surface area contributed by atoms with Gasteiger partial charge in [0, 0.05) is 19.0 Å². The Labute approximate surface area is 256 Å². The van der Waals surface area contributed by atoms with Crippen LogP contribution in [0.15, 0.2) is 54.6 Å². The lowest BCUT2D eigenvalue weighted by molar-refractivity contribution is -0.145. The number of ether oxygens (including phenoxy) is 1. The normalized spacial score (nSPS) is 13.5. The van der Waals surface area contributed by atoms with Crippen molar-refractivity contribution in [3.8, 4) is 0 Å². The largest absolute Gasteiger partial charge is 0.444 e. The molecule has 2 aromatic rings. The van der Waals surface area contributed by atoms with Gasteiger partial charge in [0.2, 0.25) is 17.7 Å². The van der Waals surface area contributed by atoms with Crippen LogP contribution in [0.25, 0.3) is 0 Å². The van der Waals surface area contributed by atoms with Crippen molar-refractivity contribution < 1.29 is 23.9 Å². The van der Waals surface area contributed by atoms with E-state index in [4.69, 9.17) is 10.5 Å². The minimum absolute atomic E-state index is 0.0338. The van der Waals surface area contributed by atoms with Crippen LogP contribution in [0, 0.1) is 5.92 Å². The van der Waals surface area contributed by atoms with Gasteiger partial charge in [-0.25, -0.2) is 4.79 Å². The molecule has 4 amide bonds. The van der Waals surface area contributed by atoms with Gasteiger partial charge in [-0.15, -0.1) is 0 Å². The predicted octanol–water partition coefficient (Wildman–Crippen LogP) is 5.42. The third-order valence-corrected chi connectivity index (χ3v) is 7.10. The van der Waals surface area contributed by atoms with Gasteiger partial charge >= 0.3 is 6.09 Å². The molecule has 3 unspecified atom stereocenters. The number of hydrogen-bond donors (Lipinski definition) is 3. The van der Waals surface area contributed by atoms with E-state index in [2.05, 4.69) is 31.4 Å². The van der Waals surface area contributed by atoms with E-state index in [1.807, 2.05) is 61.5 Å². The van der Waals surface area contributed by atoms with E-state index < -0.39 is 35.6 Å². The van der Waals surface area contributed by atoms with Gasteiger partial charge in [0.25, 0.3) is 0 Å². The van der Waals surface area contributed by atoms with Crippen molar-refractivity contribution in [2.75, 3.05) is 0 Å². The van der Waals surface area contributed by atoms with Gasteiger partial charge in [-0.05, 0) is 76.0 Å². The van der Waals surface area contributed by atoms with Crippen molar-refractivity contribution in [2.45, 2.75) is 111 Å². The first-order valence-electron chi connectivity index (χ1n) is 15.2. The number of amides is 4. The van der Waals surface area contributed by atoms with Crippen LogP contribution in [0.4, 0.5) is 4.79 Å². The molecule has 2 rings (SSSR count). The number of nitrogens with zero attached hydrogens (tertiary/aromatic N) is 1. The highest BCUT2D eigenvalue weighted by molar-refractivity contribution is 5.92. The average Bonchev–Trinajstić information content (AvgIpc) is 2.94. The molecule has 0 bridgehead atoms. The number of carbonyl (C=O) groups excluding carboxylic acids is 4. The topological polar surface area (TPSA) is 131 Å². The van der Waals surface area contributed by atoms with Crippen LogP contribution in [-0.4, -0.2) is 46.4 Å². The van der Waals surface area contributed by atoms with Crippen LogP contribution in [0.5, 0.6) is 0 Å². The number of nitrogens with two attached hydrogens (primary N) is 1. The molecular weight excluding hydrogens is 544 g/mol. The second-order valence-electron chi connectivity index (χ2n) is 12.5. The van der Waals surface area contributed by atoms with E-state index in [0.717, 1.165) is 24.0 Å². The highest BCUT2D eigenvalue weighted by atomic mass is 16.6. The standard InChI is InChI=1S/C34H50N4O5/c1-8-25-16-18-27(19-17-25)30(31(40)36-22-26-12-10-9-11-13-26)38(24(4)15-14-23(2)3)32(41)28(20-21-29(35)39)37-33(42)43-34(5,6)7/h9-13,16-19,23-24,28,30H,8,14-15,20-22H2,1-7H3,(H2,35,39)(H,36,40)(H,37,42). The molecule has 0 aromatic heterocycles. The SMILES string of the molecule is CCc1ccc(C(C(=O)NCc2ccccc2)N(C(=O)C(CCC(N)=O)NC(=O)OC(C)(C)C)C(C)CCC(C)C)cc1. The molecule has 4 N–H and O–H groups in total. The Morgan fingerprint density at radius 3 is 2.05 bits per heavy atom. The summed E-state index contributed by atoms with van der Waals surface area (Å²) in [7, 11) is 0.